The molecule has 3 aromatic rings. The molecule has 0 radical (unpaired) electrons. The molecule has 3 rings (SSSR count). The van der Waals surface area contributed by atoms with Gasteiger partial charge in [-0.25, -0.2) is 0 Å². The summed E-state index contributed by atoms with van der Waals surface area (Å²) < 4.78 is 16.9. The lowest BCUT2D eigenvalue weighted by molar-refractivity contribution is -0.113. The van der Waals surface area contributed by atoms with Crippen LogP contribution in [0.1, 0.15) is 0 Å². The van der Waals surface area contributed by atoms with Gasteiger partial charge in [0.05, 0.1) is 25.7 Å². The minimum absolute atomic E-state index is 0.120. The standard InChI is InChI=1S/C18H16BrN3O4S/c1-24-13-6-7-14(15(9-13)25-2)20-16(23)10-27-18-22-21-17(26-18)11-4-3-5-12(19)8-11/h3-9H,10H2,1-2H3,(H,20,23). The summed E-state index contributed by atoms with van der Waals surface area (Å²) in [5.41, 5.74) is 1.36. The highest BCUT2D eigenvalue weighted by atomic mass is 79.9. The van der Waals surface area contributed by atoms with Crippen LogP contribution in [0, 0.1) is 0 Å². The van der Waals surface area contributed by atoms with Crippen molar-refractivity contribution in [3.63, 3.8) is 0 Å². The number of carbonyl (C=O) groups is 1. The van der Waals surface area contributed by atoms with Crippen molar-refractivity contribution in [2.75, 3.05) is 25.3 Å². The highest BCUT2D eigenvalue weighted by molar-refractivity contribution is 9.10. The number of carbonyl (C=O) groups excluding carboxylic acids is 1. The van der Waals surface area contributed by atoms with E-state index in [-0.39, 0.29) is 11.7 Å². The fraction of sp³-hybridized carbons (Fsp3) is 0.167. The summed E-state index contributed by atoms with van der Waals surface area (Å²) in [5, 5.41) is 11.1. The molecule has 0 bridgehead atoms. The first-order valence-electron chi connectivity index (χ1n) is 7.83. The number of ether oxygens (including phenoxy) is 2. The Morgan fingerprint density at radius 2 is 2.04 bits per heavy atom. The van der Waals surface area contributed by atoms with E-state index in [1.807, 2.05) is 24.3 Å². The Morgan fingerprint density at radius 3 is 2.78 bits per heavy atom. The first kappa shape index (κ1) is 19.2. The summed E-state index contributed by atoms with van der Waals surface area (Å²) >= 11 is 4.56. The van der Waals surface area contributed by atoms with Crippen LogP contribution in [0.3, 0.4) is 0 Å². The Labute approximate surface area is 168 Å². The van der Waals surface area contributed by atoms with Crippen molar-refractivity contribution in [3.05, 3.63) is 46.9 Å². The predicted molar refractivity (Wildman–Crippen MR) is 106 cm³/mol. The third kappa shape index (κ3) is 5.01. The summed E-state index contributed by atoms with van der Waals surface area (Å²) in [4.78, 5) is 12.2. The number of amides is 1. The van der Waals surface area contributed by atoms with E-state index in [2.05, 4.69) is 31.4 Å². The highest BCUT2D eigenvalue weighted by Gasteiger charge is 2.13. The lowest BCUT2D eigenvalue weighted by Gasteiger charge is -2.11. The minimum atomic E-state index is -0.217. The number of anilines is 1. The lowest BCUT2D eigenvalue weighted by Crippen LogP contribution is -2.14. The van der Waals surface area contributed by atoms with Gasteiger partial charge in [0.15, 0.2) is 0 Å². The van der Waals surface area contributed by atoms with E-state index in [0.29, 0.717) is 28.3 Å². The second kappa shape index (κ2) is 8.92. The van der Waals surface area contributed by atoms with Crippen LogP contribution in [0.2, 0.25) is 0 Å². The maximum absolute atomic E-state index is 12.2. The summed E-state index contributed by atoms with van der Waals surface area (Å²) in [6.45, 7) is 0. The van der Waals surface area contributed by atoms with Gasteiger partial charge in [0.1, 0.15) is 11.5 Å². The summed E-state index contributed by atoms with van der Waals surface area (Å²) in [6, 6.07) is 12.7. The van der Waals surface area contributed by atoms with E-state index in [1.54, 1.807) is 25.3 Å². The van der Waals surface area contributed by atoms with E-state index >= 15 is 0 Å². The Morgan fingerprint density at radius 1 is 1.19 bits per heavy atom. The fourth-order valence-electron chi connectivity index (χ4n) is 2.22. The third-order valence-electron chi connectivity index (χ3n) is 3.49. The van der Waals surface area contributed by atoms with Crippen LogP contribution in [-0.2, 0) is 4.79 Å². The first-order valence-corrected chi connectivity index (χ1v) is 9.61. The molecule has 0 aliphatic rings. The van der Waals surface area contributed by atoms with Gasteiger partial charge in [0.25, 0.3) is 5.22 Å². The largest absolute Gasteiger partial charge is 0.497 e. The van der Waals surface area contributed by atoms with Crippen molar-refractivity contribution in [3.8, 4) is 23.0 Å². The number of benzene rings is 2. The molecule has 1 heterocycles. The smallest absolute Gasteiger partial charge is 0.277 e. The molecule has 9 heteroatoms. The zero-order chi connectivity index (χ0) is 19.2. The summed E-state index contributed by atoms with van der Waals surface area (Å²) in [6.07, 6.45) is 0. The van der Waals surface area contributed by atoms with Crippen molar-refractivity contribution in [2.45, 2.75) is 5.22 Å². The van der Waals surface area contributed by atoms with Crippen LogP contribution in [-0.4, -0.2) is 36.1 Å². The molecule has 0 spiro atoms. The van der Waals surface area contributed by atoms with Crippen molar-refractivity contribution >= 4 is 39.3 Å². The van der Waals surface area contributed by atoms with Gasteiger partial charge in [0.2, 0.25) is 11.8 Å². The number of halogens is 1. The lowest BCUT2D eigenvalue weighted by atomic mass is 10.2. The monoisotopic (exact) mass is 449 g/mol. The molecular formula is C18H16BrN3O4S. The van der Waals surface area contributed by atoms with Gasteiger partial charge in [-0.1, -0.05) is 33.8 Å². The van der Waals surface area contributed by atoms with Crippen LogP contribution in [0.4, 0.5) is 5.69 Å². The molecule has 7 nitrogen and oxygen atoms in total. The molecule has 0 atom stereocenters. The van der Waals surface area contributed by atoms with Gasteiger partial charge in [-0.05, 0) is 30.3 Å². The van der Waals surface area contributed by atoms with E-state index in [1.165, 1.54) is 7.11 Å². The molecule has 27 heavy (non-hydrogen) atoms. The molecule has 1 aromatic heterocycles. The van der Waals surface area contributed by atoms with Crippen molar-refractivity contribution in [1.29, 1.82) is 0 Å². The number of nitrogens with zero attached hydrogens (tertiary/aromatic N) is 2. The van der Waals surface area contributed by atoms with Crippen LogP contribution in [0.5, 0.6) is 11.5 Å². The van der Waals surface area contributed by atoms with Gasteiger partial charge in [0, 0.05) is 16.1 Å². The van der Waals surface area contributed by atoms with Crippen LogP contribution in [0.15, 0.2) is 56.6 Å². The number of aromatic nitrogens is 2. The van der Waals surface area contributed by atoms with Crippen LogP contribution >= 0.6 is 27.7 Å². The zero-order valence-corrected chi connectivity index (χ0v) is 17.0. The molecule has 0 aliphatic heterocycles. The maximum atomic E-state index is 12.2. The topological polar surface area (TPSA) is 86.5 Å². The van der Waals surface area contributed by atoms with Crippen LogP contribution in [0.25, 0.3) is 11.5 Å². The molecule has 1 amide bonds. The molecular weight excluding hydrogens is 434 g/mol. The van der Waals surface area contributed by atoms with Crippen molar-refractivity contribution in [1.82, 2.24) is 10.2 Å². The fourth-order valence-corrected chi connectivity index (χ4v) is 3.18. The van der Waals surface area contributed by atoms with Crippen molar-refractivity contribution < 1.29 is 18.7 Å². The average molecular weight is 450 g/mol. The zero-order valence-electron chi connectivity index (χ0n) is 14.6. The normalized spacial score (nSPS) is 10.5. The second-order valence-electron chi connectivity index (χ2n) is 5.29. The summed E-state index contributed by atoms with van der Waals surface area (Å²) in [7, 11) is 3.09. The van der Waals surface area contributed by atoms with E-state index < -0.39 is 0 Å². The van der Waals surface area contributed by atoms with Crippen molar-refractivity contribution in [2.24, 2.45) is 0 Å². The molecule has 0 fully saturated rings. The van der Waals surface area contributed by atoms with E-state index in [0.717, 1.165) is 21.8 Å². The van der Waals surface area contributed by atoms with Gasteiger partial charge in [-0.15, -0.1) is 10.2 Å². The molecule has 1 N–H and O–H groups in total. The SMILES string of the molecule is COc1ccc(NC(=O)CSc2nnc(-c3cccc(Br)c3)o2)c(OC)c1. The number of thioether (sulfide) groups is 1. The van der Waals surface area contributed by atoms with Gasteiger partial charge >= 0.3 is 0 Å². The number of hydrogen-bond acceptors (Lipinski definition) is 7. The van der Waals surface area contributed by atoms with E-state index in [9.17, 15) is 4.79 Å². The van der Waals surface area contributed by atoms with Crippen LogP contribution < -0.4 is 14.8 Å². The Kier molecular flexibility index (Phi) is 6.36. The van der Waals surface area contributed by atoms with Gasteiger partial charge in [-0.3, -0.25) is 4.79 Å². The Hall–Kier alpha value is -2.52. The Balaban J connectivity index is 1.60. The highest BCUT2D eigenvalue weighted by Crippen LogP contribution is 2.30. The van der Waals surface area contributed by atoms with E-state index in [4.69, 9.17) is 13.9 Å². The molecule has 140 valence electrons. The average Bonchev–Trinajstić information content (AvgIpc) is 3.16. The van der Waals surface area contributed by atoms with Gasteiger partial charge < -0.3 is 19.2 Å². The molecule has 0 saturated carbocycles. The molecule has 0 unspecified atom stereocenters. The minimum Gasteiger partial charge on any atom is -0.497 e. The maximum Gasteiger partial charge on any atom is 0.277 e. The third-order valence-corrected chi connectivity index (χ3v) is 4.80. The first-order chi connectivity index (χ1) is 13.1. The number of methoxy groups -OCH3 is 2. The quantitative estimate of drug-likeness (QED) is 0.539. The van der Waals surface area contributed by atoms with Gasteiger partial charge in [-0.2, -0.15) is 0 Å². The number of hydrogen-bond donors (Lipinski definition) is 1. The summed E-state index contributed by atoms with van der Waals surface area (Å²) in [5.74, 6) is 1.46. The molecule has 0 saturated heterocycles. The molecule has 0 aliphatic carbocycles. The molecule has 2 aromatic carbocycles. The number of rotatable bonds is 7. The Bertz CT molecular complexity index is 948. The number of nitrogens with one attached hydrogen (secondary N) is 1. The second-order valence-corrected chi connectivity index (χ2v) is 7.13. The predicted octanol–water partition coefficient (Wildman–Crippen LogP) is 4.25.